The number of nitrogens with zero attached hydrogens (tertiary/aromatic N) is 2. The van der Waals surface area contributed by atoms with E-state index in [1.165, 1.54) is 4.31 Å². The molecule has 1 aromatic heterocycles. The second-order valence-corrected chi connectivity index (χ2v) is 9.45. The van der Waals surface area contributed by atoms with Crippen molar-refractivity contribution < 1.29 is 27.4 Å². The Bertz CT molecular complexity index is 1250. The van der Waals surface area contributed by atoms with Crippen LogP contribution in [0.15, 0.2) is 59.6 Å². The van der Waals surface area contributed by atoms with E-state index in [1.807, 2.05) is 30.5 Å². The Morgan fingerprint density at radius 2 is 1.75 bits per heavy atom. The molecule has 3 heterocycles. The van der Waals surface area contributed by atoms with Crippen LogP contribution in [0.2, 0.25) is 0 Å². The molecule has 0 radical (unpaired) electrons. The van der Waals surface area contributed by atoms with E-state index in [9.17, 15) is 8.42 Å². The number of hydrogen-bond acceptors (Lipinski definition) is 6. The summed E-state index contributed by atoms with van der Waals surface area (Å²) in [7, 11) is -0.705. The maximum absolute atomic E-state index is 13.9. The summed E-state index contributed by atoms with van der Waals surface area (Å²) >= 11 is 0. The molecule has 3 aromatic rings. The minimum atomic E-state index is -3.86. The lowest BCUT2D eigenvalue weighted by Crippen LogP contribution is -2.42. The first-order valence-electron chi connectivity index (χ1n) is 10.3. The fourth-order valence-electron chi connectivity index (χ4n) is 4.30. The van der Waals surface area contributed by atoms with Crippen molar-refractivity contribution in [3.8, 4) is 23.0 Å². The van der Waals surface area contributed by atoms with Crippen LogP contribution in [-0.4, -0.2) is 51.3 Å². The quantitative estimate of drug-likeness (QED) is 0.587. The standard InChI is InChI=1S/C23H24N2O6S/c1-28-16-5-7-18(21(14-16)29-2)23-19-4-3-9-24(19)10-11-25(23)32(26,27)17-6-8-20-22(15-17)31-13-12-30-20/h3-9,14-15,23H,10-13H2,1-2H3. The van der Waals surface area contributed by atoms with Crippen LogP contribution in [0.5, 0.6) is 23.0 Å². The van der Waals surface area contributed by atoms with Gasteiger partial charge in [-0.3, -0.25) is 0 Å². The molecular formula is C23H24N2O6S. The Balaban J connectivity index is 1.63. The van der Waals surface area contributed by atoms with E-state index in [2.05, 4.69) is 4.57 Å². The van der Waals surface area contributed by atoms with Crippen molar-refractivity contribution in [2.45, 2.75) is 17.5 Å². The second kappa shape index (κ2) is 8.07. The number of ether oxygens (including phenoxy) is 4. The average Bonchev–Trinajstić information content (AvgIpc) is 3.31. The molecule has 1 atom stereocenters. The monoisotopic (exact) mass is 456 g/mol. The van der Waals surface area contributed by atoms with Gasteiger partial charge in [-0.05, 0) is 36.4 Å². The van der Waals surface area contributed by atoms with Crippen LogP contribution < -0.4 is 18.9 Å². The molecule has 2 aromatic carbocycles. The van der Waals surface area contributed by atoms with Crippen molar-refractivity contribution in [3.63, 3.8) is 0 Å². The van der Waals surface area contributed by atoms with Gasteiger partial charge in [0, 0.05) is 42.7 Å². The number of methoxy groups -OCH3 is 2. The van der Waals surface area contributed by atoms with Crippen LogP contribution in [0.1, 0.15) is 17.3 Å². The molecule has 0 spiro atoms. The van der Waals surface area contributed by atoms with Gasteiger partial charge < -0.3 is 23.5 Å². The van der Waals surface area contributed by atoms with Crippen molar-refractivity contribution in [3.05, 3.63) is 66.0 Å². The SMILES string of the molecule is COc1ccc(C2c3cccn3CCN2S(=O)(=O)c2ccc3c(c2)OCCO3)c(OC)c1. The zero-order valence-electron chi connectivity index (χ0n) is 17.9. The Hall–Kier alpha value is -3.17. The number of benzene rings is 2. The number of sulfonamides is 1. The molecule has 5 rings (SSSR count). The van der Waals surface area contributed by atoms with Gasteiger partial charge in [-0.15, -0.1) is 0 Å². The van der Waals surface area contributed by atoms with E-state index in [4.69, 9.17) is 18.9 Å². The summed E-state index contributed by atoms with van der Waals surface area (Å²) in [5, 5.41) is 0. The van der Waals surface area contributed by atoms with Crippen LogP contribution in [0, 0.1) is 0 Å². The lowest BCUT2D eigenvalue weighted by molar-refractivity contribution is 0.171. The van der Waals surface area contributed by atoms with Crippen LogP contribution in [0.4, 0.5) is 0 Å². The average molecular weight is 457 g/mol. The van der Waals surface area contributed by atoms with Gasteiger partial charge in [0.15, 0.2) is 11.5 Å². The Labute approximate surface area is 186 Å². The lowest BCUT2D eigenvalue weighted by atomic mass is 10.0. The highest BCUT2D eigenvalue weighted by atomic mass is 32.2. The fourth-order valence-corrected chi connectivity index (χ4v) is 5.89. The number of hydrogen-bond donors (Lipinski definition) is 0. The van der Waals surface area contributed by atoms with Crippen molar-refractivity contribution >= 4 is 10.0 Å². The molecule has 2 aliphatic heterocycles. The Morgan fingerprint density at radius 1 is 0.938 bits per heavy atom. The third kappa shape index (κ3) is 3.37. The van der Waals surface area contributed by atoms with Crippen LogP contribution >= 0.6 is 0 Å². The lowest BCUT2D eigenvalue weighted by Gasteiger charge is -2.37. The van der Waals surface area contributed by atoms with Crippen LogP contribution in [-0.2, 0) is 16.6 Å². The zero-order valence-corrected chi connectivity index (χ0v) is 18.7. The third-order valence-electron chi connectivity index (χ3n) is 5.85. The molecule has 1 unspecified atom stereocenters. The van der Waals surface area contributed by atoms with Crippen molar-refractivity contribution in [1.82, 2.24) is 8.87 Å². The largest absolute Gasteiger partial charge is 0.497 e. The fraction of sp³-hybridized carbons (Fsp3) is 0.304. The maximum Gasteiger partial charge on any atom is 0.244 e. The molecule has 0 fully saturated rings. The van der Waals surface area contributed by atoms with E-state index < -0.39 is 16.1 Å². The number of rotatable bonds is 5. The van der Waals surface area contributed by atoms with E-state index in [1.54, 1.807) is 38.5 Å². The minimum absolute atomic E-state index is 0.166. The van der Waals surface area contributed by atoms with Crippen molar-refractivity contribution in [2.24, 2.45) is 0 Å². The second-order valence-electron chi connectivity index (χ2n) is 7.56. The molecule has 8 nitrogen and oxygen atoms in total. The smallest absolute Gasteiger partial charge is 0.244 e. The zero-order chi connectivity index (χ0) is 22.3. The summed E-state index contributed by atoms with van der Waals surface area (Å²) < 4.78 is 53.5. The molecule has 9 heteroatoms. The van der Waals surface area contributed by atoms with Gasteiger partial charge in [0.25, 0.3) is 0 Å². The van der Waals surface area contributed by atoms with Crippen LogP contribution in [0.25, 0.3) is 0 Å². The normalized spacial score (nSPS) is 18.1. The first-order valence-corrected chi connectivity index (χ1v) is 11.8. The predicted octanol–water partition coefficient (Wildman–Crippen LogP) is 3.07. The molecule has 2 aliphatic rings. The summed E-state index contributed by atoms with van der Waals surface area (Å²) in [6.07, 6.45) is 1.96. The summed E-state index contributed by atoms with van der Waals surface area (Å²) in [6, 6.07) is 13.5. The van der Waals surface area contributed by atoms with E-state index in [0.29, 0.717) is 49.3 Å². The van der Waals surface area contributed by atoms with Gasteiger partial charge in [-0.1, -0.05) is 0 Å². The van der Waals surface area contributed by atoms with Gasteiger partial charge in [-0.25, -0.2) is 8.42 Å². The highest BCUT2D eigenvalue weighted by Gasteiger charge is 2.39. The Morgan fingerprint density at radius 3 is 2.53 bits per heavy atom. The number of aromatic nitrogens is 1. The summed E-state index contributed by atoms with van der Waals surface area (Å²) in [5.74, 6) is 2.19. The first kappa shape index (κ1) is 20.7. The Kier molecular flexibility index (Phi) is 5.22. The maximum atomic E-state index is 13.9. The predicted molar refractivity (Wildman–Crippen MR) is 117 cm³/mol. The molecular weight excluding hydrogens is 432 g/mol. The minimum Gasteiger partial charge on any atom is -0.497 e. The van der Waals surface area contributed by atoms with Crippen molar-refractivity contribution in [1.29, 1.82) is 0 Å². The molecule has 0 bridgehead atoms. The van der Waals surface area contributed by atoms with Gasteiger partial charge >= 0.3 is 0 Å². The molecule has 32 heavy (non-hydrogen) atoms. The van der Waals surface area contributed by atoms with Gasteiger partial charge in [0.1, 0.15) is 24.7 Å². The van der Waals surface area contributed by atoms with Gasteiger partial charge in [-0.2, -0.15) is 4.31 Å². The van der Waals surface area contributed by atoms with Crippen LogP contribution in [0.3, 0.4) is 0 Å². The van der Waals surface area contributed by atoms with Gasteiger partial charge in [0.2, 0.25) is 10.0 Å². The molecule has 0 aliphatic carbocycles. The highest BCUT2D eigenvalue weighted by Crippen LogP contribution is 2.42. The summed E-state index contributed by atoms with van der Waals surface area (Å²) in [4.78, 5) is 0.166. The molecule has 0 amide bonds. The van der Waals surface area contributed by atoms with Gasteiger partial charge in [0.05, 0.1) is 25.2 Å². The van der Waals surface area contributed by atoms with E-state index in [-0.39, 0.29) is 4.90 Å². The molecule has 0 saturated heterocycles. The third-order valence-corrected chi connectivity index (χ3v) is 7.71. The number of fused-ring (bicyclic) bond motifs is 2. The van der Waals surface area contributed by atoms with E-state index >= 15 is 0 Å². The summed E-state index contributed by atoms with van der Waals surface area (Å²) in [6.45, 7) is 1.71. The molecule has 168 valence electrons. The summed E-state index contributed by atoms with van der Waals surface area (Å²) in [5.41, 5.74) is 1.62. The first-order chi connectivity index (χ1) is 15.5. The molecule has 0 saturated carbocycles. The van der Waals surface area contributed by atoms with E-state index in [0.717, 1.165) is 11.3 Å². The van der Waals surface area contributed by atoms with Crippen molar-refractivity contribution in [2.75, 3.05) is 34.0 Å². The molecule has 0 N–H and O–H groups in total. The topological polar surface area (TPSA) is 79.2 Å². The highest BCUT2D eigenvalue weighted by molar-refractivity contribution is 7.89.